The van der Waals surface area contributed by atoms with E-state index >= 15 is 0 Å². The molecule has 0 aliphatic carbocycles. The zero-order chi connectivity index (χ0) is 24.1. The number of hydrogen-bond acceptors (Lipinski definition) is 5. The highest BCUT2D eigenvalue weighted by molar-refractivity contribution is 7.22. The van der Waals surface area contributed by atoms with Crippen LogP contribution in [0.1, 0.15) is 28.3 Å². The molecule has 1 saturated heterocycles. The lowest BCUT2D eigenvalue weighted by molar-refractivity contribution is -0.132. The largest absolute Gasteiger partial charge is 0.507 e. The summed E-state index contributed by atoms with van der Waals surface area (Å²) in [5.41, 5.74) is 3.12. The van der Waals surface area contributed by atoms with Crippen LogP contribution in [0, 0.1) is 25.5 Å². The summed E-state index contributed by atoms with van der Waals surface area (Å²) in [6.45, 7) is 3.87. The summed E-state index contributed by atoms with van der Waals surface area (Å²) < 4.78 is 27.9. The van der Waals surface area contributed by atoms with E-state index in [9.17, 15) is 23.5 Å². The number of aromatic nitrogens is 1. The summed E-state index contributed by atoms with van der Waals surface area (Å²) in [5.74, 6) is -3.18. The molecule has 2 heterocycles. The summed E-state index contributed by atoms with van der Waals surface area (Å²) in [7, 11) is 0. The van der Waals surface area contributed by atoms with Gasteiger partial charge in [-0.05, 0) is 73.0 Å². The predicted molar refractivity (Wildman–Crippen MR) is 127 cm³/mol. The number of amides is 1. The number of Topliss-reactive ketones (excluding diaryl/α,β-unsaturated/α-hetero) is 1. The van der Waals surface area contributed by atoms with E-state index in [-0.39, 0.29) is 11.1 Å². The Balaban J connectivity index is 1.74. The van der Waals surface area contributed by atoms with Crippen molar-refractivity contribution in [1.82, 2.24) is 4.98 Å². The van der Waals surface area contributed by atoms with E-state index in [0.29, 0.717) is 16.2 Å². The number of carbonyl (C=O) groups is 2. The molecule has 1 aromatic heterocycles. The molecule has 5 nitrogen and oxygen atoms in total. The van der Waals surface area contributed by atoms with Gasteiger partial charge in [0.1, 0.15) is 17.4 Å². The third kappa shape index (κ3) is 3.56. The number of aliphatic hydroxyl groups excluding tert-OH is 1. The van der Waals surface area contributed by atoms with E-state index in [1.165, 1.54) is 52.6 Å². The highest BCUT2D eigenvalue weighted by Crippen LogP contribution is 2.44. The maximum atomic E-state index is 13.7. The van der Waals surface area contributed by atoms with Crippen molar-refractivity contribution in [2.45, 2.75) is 19.9 Å². The van der Waals surface area contributed by atoms with Crippen LogP contribution in [-0.4, -0.2) is 21.8 Å². The van der Waals surface area contributed by atoms with E-state index < -0.39 is 35.1 Å². The number of aliphatic hydroxyl groups is 1. The van der Waals surface area contributed by atoms with E-state index in [4.69, 9.17) is 0 Å². The topological polar surface area (TPSA) is 70.5 Å². The molecular formula is C26H18F2N2O3S. The van der Waals surface area contributed by atoms with Crippen LogP contribution >= 0.6 is 11.3 Å². The molecule has 34 heavy (non-hydrogen) atoms. The van der Waals surface area contributed by atoms with Crippen LogP contribution < -0.4 is 4.90 Å². The molecule has 1 aliphatic rings. The minimum atomic E-state index is -1.03. The van der Waals surface area contributed by atoms with Crippen molar-refractivity contribution in [3.05, 3.63) is 100 Å². The smallest absolute Gasteiger partial charge is 0.301 e. The first-order valence-electron chi connectivity index (χ1n) is 10.4. The standard InChI is InChI=1S/C26H18F2N2O3S/c1-13-11-14(2)21-19(12-13)34-26(29-21)30-22(15-3-7-17(27)8-4-15)20(24(32)25(30)33)23(31)16-5-9-18(28)10-6-16/h3-12,22,31H,1-2H3. The number of anilines is 1. The quantitative estimate of drug-likeness (QED) is 0.230. The Morgan fingerprint density at radius 1 is 0.971 bits per heavy atom. The Morgan fingerprint density at radius 2 is 1.59 bits per heavy atom. The van der Waals surface area contributed by atoms with Gasteiger partial charge in [-0.2, -0.15) is 0 Å². The first-order valence-corrected chi connectivity index (χ1v) is 11.3. The van der Waals surface area contributed by atoms with Crippen LogP contribution in [0.4, 0.5) is 13.9 Å². The van der Waals surface area contributed by atoms with E-state index in [1.807, 2.05) is 26.0 Å². The second-order valence-electron chi connectivity index (χ2n) is 8.15. The lowest BCUT2D eigenvalue weighted by atomic mass is 9.95. The minimum absolute atomic E-state index is 0.171. The highest BCUT2D eigenvalue weighted by atomic mass is 32.1. The van der Waals surface area contributed by atoms with Crippen LogP contribution in [0.3, 0.4) is 0 Å². The normalized spacial score (nSPS) is 17.6. The lowest BCUT2D eigenvalue weighted by Crippen LogP contribution is -2.29. The SMILES string of the molecule is Cc1cc(C)c2nc(N3C(=O)C(=O)C(=C(O)c4ccc(F)cc4)C3c3ccc(F)cc3)sc2c1. The number of ketones is 1. The molecule has 170 valence electrons. The minimum Gasteiger partial charge on any atom is -0.507 e. The zero-order valence-corrected chi connectivity index (χ0v) is 19.0. The number of aryl methyl sites for hydroxylation is 2. The number of nitrogens with zero attached hydrogens (tertiary/aromatic N) is 2. The summed E-state index contributed by atoms with van der Waals surface area (Å²) in [6, 6.07) is 13.2. The Kier molecular flexibility index (Phi) is 5.25. The molecular weight excluding hydrogens is 458 g/mol. The Hall–Kier alpha value is -3.91. The summed E-state index contributed by atoms with van der Waals surface area (Å²) in [5, 5.41) is 11.3. The molecule has 1 N–H and O–H groups in total. The van der Waals surface area contributed by atoms with Gasteiger partial charge >= 0.3 is 5.91 Å². The monoisotopic (exact) mass is 476 g/mol. The van der Waals surface area contributed by atoms with Crippen LogP contribution in [0.5, 0.6) is 0 Å². The van der Waals surface area contributed by atoms with Crippen molar-refractivity contribution in [1.29, 1.82) is 0 Å². The van der Waals surface area contributed by atoms with Crippen LogP contribution in [-0.2, 0) is 9.59 Å². The number of fused-ring (bicyclic) bond motifs is 1. The van der Waals surface area contributed by atoms with Gasteiger partial charge < -0.3 is 5.11 Å². The fourth-order valence-corrected chi connectivity index (χ4v) is 5.38. The molecule has 0 spiro atoms. The lowest BCUT2D eigenvalue weighted by Gasteiger charge is -2.23. The average Bonchev–Trinajstić information content (AvgIpc) is 3.33. The first kappa shape index (κ1) is 21.9. The molecule has 1 fully saturated rings. The van der Waals surface area contributed by atoms with Crippen molar-refractivity contribution < 1.29 is 23.5 Å². The van der Waals surface area contributed by atoms with Crippen molar-refractivity contribution in [3.8, 4) is 0 Å². The van der Waals surface area contributed by atoms with Crippen LogP contribution in [0.15, 0.2) is 66.2 Å². The molecule has 8 heteroatoms. The van der Waals surface area contributed by atoms with E-state index in [2.05, 4.69) is 4.98 Å². The third-order valence-corrected chi connectivity index (χ3v) is 6.77. The van der Waals surface area contributed by atoms with Gasteiger partial charge in [-0.25, -0.2) is 13.8 Å². The van der Waals surface area contributed by atoms with Crippen LogP contribution in [0.25, 0.3) is 16.0 Å². The van der Waals surface area contributed by atoms with Crippen molar-refractivity contribution in [3.63, 3.8) is 0 Å². The number of rotatable bonds is 3. The molecule has 4 aromatic rings. The maximum Gasteiger partial charge on any atom is 0.301 e. The van der Waals surface area contributed by atoms with Gasteiger partial charge in [-0.3, -0.25) is 14.5 Å². The highest BCUT2D eigenvalue weighted by Gasteiger charge is 2.48. The molecule has 3 aromatic carbocycles. The maximum absolute atomic E-state index is 13.7. The van der Waals surface area contributed by atoms with E-state index in [0.717, 1.165) is 28.0 Å². The van der Waals surface area contributed by atoms with Crippen LogP contribution in [0.2, 0.25) is 0 Å². The Morgan fingerprint density at radius 3 is 2.24 bits per heavy atom. The van der Waals surface area contributed by atoms with Gasteiger partial charge in [0, 0.05) is 5.56 Å². The van der Waals surface area contributed by atoms with Crippen molar-refractivity contribution in [2.24, 2.45) is 0 Å². The fraction of sp³-hybridized carbons (Fsp3) is 0.115. The molecule has 0 saturated carbocycles. The zero-order valence-electron chi connectivity index (χ0n) is 18.2. The summed E-state index contributed by atoms with van der Waals surface area (Å²) >= 11 is 1.26. The number of halogens is 2. The number of thiazole rings is 1. The predicted octanol–water partition coefficient (Wildman–Crippen LogP) is 5.82. The molecule has 1 unspecified atom stereocenters. The molecule has 1 amide bonds. The number of hydrogen-bond donors (Lipinski definition) is 1. The summed E-state index contributed by atoms with van der Waals surface area (Å²) in [6.07, 6.45) is 0. The third-order valence-electron chi connectivity index (χ3n) is 5.77. The van der Waals surface area contributed by atoms with Gasteiger partial charge in [-0.15, -0.1) is 0 Å². The number of carbonyl (C=O) groups excluding carboxylic acids is 2. The van der Waals surface area contributed by atoms with Crippen molar-refractivity contribution in [2.75, 3.05) is 4.90 Å². The number of benzene rings is 3. The average molecular weight is 477 g/mol. The molecule has 1 aliphatic heterocycles. The molecule has 0 bridgehead atoms. The Labute approximate surface area is 197 Å². The van der Waals surface area contributed by atoms with Crippen molar-refractivity contribution >= 4 is 44.1 Å². The van der Waals surface area contributed by atoms with E-state index in [1.54, 1.807) is 0 Å². The van der Waals surface area contributed by atoms with Gasteiger partial charge in [0.25, 0.3) is 5.78 Å². The van der Waals surface area contributed by atoms with Gasteiger partial charge in [-0.1, -0.05) is 29.5 Å². The second-order valence-corrected chi connectivity index (χ2v) is 9.16. The summed E-state index contributed by atoms with van der Waals surface area (Å²) in [4.78, 5) is 32.3. The Bertz CT molecular complexity index is 1490. The molecule has 1 atom stereocenters. The fourth-order valence-electron chi connectivity index (χ4n) is 4.22. The van der Waals surface area contributed by atoms with Gasteiger partial charge in [0.2, 0.25) is 0 Å². The van der Waals surface area contributed by atoms with Gasteiger partial charge in [0.05, 0.1) is 21.8 Å². The molecule has 0 radical (unpaired) electrons. The first-order chi connectivity index (χ1) is 16.2. The van der Waals surface area contributed by atoms with Gasteiger partial charge in [0.15, 0.2) is 5.13 Å². The molecule has 5 rings (SSSR count). The second kappa shape index (κ2) is 8.14.